The molecule has 0 aliphatic carbocycles. The molecular weight excluding hydrogens is 440 g/mol. The predicted octanol–water partition coefficient (Wildman–Crippen LogP) is 4.75. The monoisotopic (exact) mass is 476 g/mol. The van der Waals surface area contributed by atoms with Gasteiger partial charge in [0.15, 0.2) is 10.6 Å². The molecule has 1 fully saturated rings. The van der Waals surface area contributed by atoms with Crippen LogP contribution in [-0.2, 0) is 13.7 Å². The van der Waals surface area contributed by atoms with Crippen molar-refractivity contribution in [3.63, 3.8) is 0 Å². The summed E-state index contributed by atoms with van der Waals surface area (Å²) in [5.74, 6) is 0.917. The number of piperazine rings is 1. The van der Waals surface area contributed by atoms with Crippen molar-refractivity contribution >= 4 is 24.0 Å². The van der Waals surface area contributed by atoms with E-state index in [1.54, 1.807) is 0 Å². The first-order valence-corrected chi connectivity index (χ1v) is 12.7. The molecule has 0 saturated carbocycles. The summed E-state index contributed by atoms with van der Waals surface area (Å²) in [5.41, 5.74) is 3.59. The van der Waals surface area contributed by atoms with Crippen LogP contribution in [0.4, 0.5) is 5.69 Å². The molecular formula is C27H36N6S. The molecule has 1 aliphatic rings. The van der Waals surface area contributed by atoms with Crippen LogP contribution in [0.3, 0.4) is 0 Å². The van der Waals surface area contributed by atoms with Gasteiger partial charge in [0.25, 0.3) is 0 Å². The Hall–Kier alpha value is -2.74. The molecule has 3 aromatic rings. The van der Waals surface area contributed by atoms with Gasteiger partial charge < -0.3 is 9.47 Å². The maximum Gasteiger partial charge on any atom is 0.199 e. The van der Waals surface area contributed by atoms with Crippen molar-refractivity contribution in [3.05, 3.63) is 71.0 Å². The number of aromatic nitrogens is 3. The average Bonchev–Trinajstić information content (AvgIpc) is 3.15. The number of hydrogen-bond donors (Lipinski definition) is 0. The molecule has 1 saturated heterocycles. The lowest BCUT2D eigenvalue weighted by atomic mass is 10.2. The van der Waals surface area contributed by atoms with Gasteiger partial charge in [0, 0.05) is 64.1 Å². The van der Waals surface area contributed by atoms with Crippen LogP contribution < -0.4 is 4.90 Å². The van der Waals surface area contributed by atoms with E-state index in [1.165, 1.54) is 11.3 Å². The molecule has 0 spiro atoms. The number of anilines is 1. The van der Waals surface area contributed by atoms with Crippen molar-refractivity contribution < 1.29 is 0 Å². The minimum absolute atomic E-state index is 0.734. The largest absolute Gasteiger partial charge is 0.372 e. The molecule has 7 heteroatoms. The van der Waals surface area contributed by atoms with Crippen LogP contribution in [0.5, 0.6) is 0 Å². The zero-order chi connectivity index (χ0) is 23.9. The van der Waals surface area contributed by atoms with Crippen LogP contribution in [0.25, 0.3) is 17.5 Å². The van der Waals surface area contributed by atoms with E-state index in [2.05, 4.69) is 95.3 Å². The van der Waals surface area contributed by atoms with Crippen molar-refractivity contribution in [2.75, 3.05) is 50.7 Å². The summed E-state index contributed by atoms with van der Waals surface area (Å²) in [6.07, 6.45) is 4.47. The Morgan fingerprint density at radius 1 is 0.912 bits per heavy atom. The molecule has 34 heavy (non-hydrogen) atoms. The third-order valence-electron chi connectivity index (χ3n) is 6.57. The minimum atomic E-state index is 0.734. The van der Waals surface area contributed by atoms with Gasteiger partial charge in [0.05, 0.1) is 6.67 Å². The van der Waals surface area contributed by atoms with Crippen LogP contribution in [0.1, 0.15) is 19.4 Å². The van der Waals surface area contributed by atoms with Crippen LogP contribution in [0.15, 0.2) is 60.7 Å². The summed E-state index contributed by atoms with van der Waals surface area (Å²) in [7, 11) is 2.01. The number of hydrogen-bond acceptors (Lipinski definition) is 5. The quantitative estimate of drug-likeness (QED) is 0.416. The highest BCUT2D eigenvalue weighted by atomic mass is 32.1. The normalized spacial score (nSPS) is 15.3. The summed E-state index contributed by atoms with van der Waals surface area (Å²) < 4.78 is 4.75. The van der Waals surface area contributed by atoms with Crippen molar-refractivity contribution in [3.8, 4) is 11.4 Å². The molecule has 0 unspecified atom stereocenters. The van der Waals surface area contributed by atoms with Gasteiger partial charge in [-0.05, 0) is 55.9 Å². The van der Waals surface area contributed by atoms with Crippen LogP contribution in [-0.4, -0.2) is 70.0 Å². The topological polar surface area (TPSA) is 32.5 Å². The maximum atomic E-state index is 5.72. The van der Waals surface area contributed by atoms with E-state index in [1.807, 2.05) is 16.3 Å². The lowest BCUT2D eigenvalue weighted by Gasteiger charge is -2.33. The second kappa shape index (κ2) is 11.6. The summed E-state index contributed by atoms with van der Waals surface area (Å²) in [4.78, 5) is 7.28. The SMILES string of the molecule is CCN(CC)c1ccc(-c2nn(CN3CCN(C/C=C/c4ccccc4)CC3)c(=S)n2C)cc1. The lowest BCUT2D eigenvalue weighted by Crippen LogP contribution is -2.46. The van der Waals surface area contributed by atoms with Crippen LogP contribution in [0.2, 0.25) is 0 Å². The number of benzene rings is 2. The average molecular weight is 477 g/mol. The summed E-state index contributed by atoms with van der Waals surface area (Å²) in [6.45, 7) is 12.2. The van der Waals surface area contributed by atoms with Crippen molar-refractivity contribution in [1.29, 1.82) is 0 Å². The summed E-state index contributed by atoms with van der Waals surface area (Å²) in [6, 6.07) is 19.1. The Morgan fingerprint density at radius 2 is 1.56 bits per heavy atom. The molecule has 0 bridgehead atoms. The van der Waals surface area contributed by atoms with Gasteiger partial charge in [0.1, 0.15) is 0 Å². The standard InChI is InChI=1S/C27H36N6S/c1-4-32(5-2)25-15-13-24(14-16-25)26-28-33(27(34)29(26)3)22-31-20-18-30(19-21-31)17-9-12-23-10-7-6-8-11-23/h6-16H,4-5,17-22H2,1-3H3/b12-9+. The van der Waals surface area contributed by atoms with Gasteiger partial charge in [0.2, 0.25) is 0 Å². The molecule has 4 rings (SSSR count). The highest BCUT2D eigenvalue weighted by molar-refractivity contribution is 7.71. The zero-order valence-corrected chi connectivity index (χ0v) is 21.4. The molecule has 0 amide bonds. The van der Waals surface area contributed by atoms with E-state index < -0.39 is 0 Å². The van der Waals surface area contributed by atoms with E-state index >= 15 is 0 Å². The highest BCUT2D eigenvalue weighted by Crippen LogP contribution is 2.22. The first-order valence-electron chi connectivity index (χ1n) is 12.2. The maximum absolute atomic E-state index is 5.72. The third kappa shape index (κ3) is 5.84. The fourth-order valence-corrected chi connectivity index (χ4v) is 4.63. The second-order valence-corrected chi connectivity index (χ2v) is 9.12. The van der Waals surface area contributed by atoms with Crippen molar-refractivity contribution in [1.82, 2.24) is 24.1 Å². The lowest BCUT2D eigenvalue weighted by molar-refractivity contribution is 0.110. The molecule has 6 nitrogen and oxygen atoms in total. The Morgan fingerprint density at radius 3 is 2.21 bits per heavy atom. The van der Waals surface area contributed by atoms with E-state index in [9.17, 15) is 0 Å². The van der Waals surface area contributed by atoms with E-state index in [4.69, 9.17) is 17.3 Å². The molecule has 1 aliphatic heterocycles. The van der Waals surface area contributed by atoms with Crippen molar-refractivity contribution in [2.24, 2.45) is 7.05 Å². The van der Waals surface area contributed by atoms with E-state index in [-0.39, 0.29) is 0 Å². The fraction of sp³-hybridized carbons (Fsp3) is 0.407. The number of nitrogens with zero attached hydrogens (tertiary/aromatic N) is 6. The summed E-state index contributed by atoms with van der Waals surface area (Å²) in [5, 5.41) is 4.89. The van der Waals surface area contributed by atoms with Crippen LogP contribution >= 0.6 is 12.2 Å². The Balaban J connectivity index is 1.34. The second-order valence-electron chi connectivity index (χ2n) is 8.76. The predicted molar refractivity (Wildman–Crippen MR) is 145 cm³/mol. The molecule has 180 valence electrons. The molecule has 2 aromatic carbocycles. The Labute approximate surface area is 208 Å². The van der Waals surface area contributed by atoms with Gasteiger partial charge in [-0.2, -0.15) is 5.10 Å². The minimum Gasteiger partial charge on any atom is -0.372 e. The molecule has 1 aromatic heterocycles. The van der Waals surface area contributed by atoms with Crippen LogP contribution in [0, 0.1) is 4.77 Å². The fourth-order valence-electron chi connectivity index (χ4n) is 4.45. The first-order chi connectivity index (χ1) is 16.6. The molecule has 2 heterocycles. The van der Waals surface area contributed by atoms with E-state index in [0.717, 1.165) is 68.6 Å². The number of rotatable bonds is 9. The van der Waals surface area contributed by atoms with Gasteiger partial charge in [-0.1, -0.05) is 42.5 Å². The van der Waals surface area contributed by atoms with Gasteiger partial charge >= 0.3 is 0 Å². The Kier molecular flexibility index (Phi) is 8.32. The van der Waals surface area contributed by atoms with E-state index in [0.29, 0.717) is 0 Å². The van der Waals surface area contributed by atoms with Crippen molar-refractivity contribution in [2.45, 2.75) is 20.5 Å². The molecule has 0 atom stereocenters. The molecule has 0 radical (unpaired) electrons. The Bertz CT molecular complexity index is 1120. The van der Waals surface area contributed by atoms with Gasteiger partial charge in [-0.25, -0.2) is 4.68 Å². The third-order valence-corrected chi connectivity index (χ3v) is 7.05. The smallest absolute Gasteiger partial charge is 0.199 e. The first kappa shape index (κ1) is 24.4. The molecule has 0 N–H and O–H groups in total. The van der Waals surface area contributed by atoms with Gasteiger partial charge in [-0.3, -0.25) is 9.80 Å². The summed E-state index contributed by atoms with van der Waals surface area (Å²) >= 11 is 5.72. The van der Waals surface area contributed by atoms with Gasteiger partial charge in [-0.15, -0.1) is 0 Å². The zero-order valence-electron chi connectivity index (χ0n) is 20.6. The highest BCUT2D eigenvalue weighted by Gasteiger charge is 2.18.